The van der Waals surface area contributed by atoms with Crippen molar-refractivity contribution < 1.29 is 38.6 Å². The molecule has 0 fully saturated rings. The van der Waals surface area contributed by atoms with E-state index in [1.165, 1.54) is 0 Å². The second-order valence-electron chi connectivity index (χ2n) is 14.0. The summed E-state index contributed by atoms with van der Waals surface area (Å²) in [6.07, 6.45) is -0.880. The van der Waals surface area contributed by atoms with Crippen molar-refractivity contribution in [1.29, 1.82) is 0 Å². The highest BCUT2D eigenvalue weighted by atomic mass is 16.6. The van der Waals surface area contributed by atoms with Crippen molar-refractivity contribution in [3.63, 3.8) is 0 Å². The van der Waals surface area contributed by atoms with Gasteiger partial charge in [-0.05, 0) is 60.7 Å². The van der Waals surface area contributed by atoms with Crippen molar-refractivity contribution in [2.75, 3.05) is 0 Å². The topological polar surface area (TPSA) is 201 Å². The van der Waals surface area contributed by atoms with Gasteiger partial charge in [-0.1, -0.05) is 91.0 Å². The smallest absolute Gasteiger partial charge is 0.408 e. The Hall–Kier alpha value is -6.34. The van der Waals surface area contributed by atoms with Gasteiger partial charge in [0.25, 0.3) is 11.8 Å². The number of carboxylic acid groups (broad SMARTS) is 1. The fourth-order valence-electron chi connectivity index (χ4n) is 6.05. The number of amides is 5. The summed E-state index contributed by atoms with van der Waals surface area (Å²) in [7, 11) is 0. The zero-order valence-electron chi connectivity index (χ0n) is 30.2. The molecule has 1 aromatic heterocycles. The number of carboxylic acids is 1. The van der Waals surface area contributed by atoms with Gasteiger partial charge in [-0.25, -0.2) is 9.69 Å². The number of aromatic nitrogens is 1. The number of ether oxygens (including phenoxy) is 1. The third-order valence-corrected chi connectivity index (χ3v) is 8.58. The number of hydrogen-bond acceptors (Lipinski definition) is 8. The third-order valence-electron chi connectivity index (χ3n) is 8.58. The molecule has 0 bridgehead atoms. The number of H-pyrrole nitrogens is 1. The molecular formula is C41H43N5O8. The van der Waals surface area contributed by atoms with Crippen molar-refractivity contribution in [2.24, 2.45) is 5.73 Å². The number of rotatable bonds is 13. The van der Waals surface area contributed by atoms with Gasteiger partial charge < -0.3 is 31.2 Å². The number of benzene rings is 4. The minimum Gasteiger partial charge on any atom is -0.481 e. The lowest BCUT2D eigenvalue weighted by molar-refractivity contribution is -0.158. The van der Waals surface area contributed by atoms with E-state index in [0.717, 1.165) is 27.2 Å². The Morgan fingerprint density at radius 3 is 2.13 bits per heavy atom. The fraction of sp³-hybridized carbons (Fsp3) is 0.268. The molecule has 5 rings (SSSR count). The van der Waals surface area contributed by atoms with E-state index in [1.807, 2.05) is 54.6 Å². The number of nitrogens with zero attached hydrogens (tertiary/aromatic N) is 1. The molecule has 0 spiro atoms. The number of alkyl carbamates (subject to hydrolysis) is 1. The molecular weight excluding hydrogens is 690 g/mol. The van der Waals surface area contributed by atoms with E-state index >= 15 is 0 Å². The van der Waals surface area contributed by atoms with Gasteiger partial charge in [0.15, 0.2) is 0 Å². The molecule has 13 nitrogen and oxygen atoms in total. The van der Waals surface area contributed by atoms with E-state index < -0.39 is 72.3 Å². The van der Waals surface area contributed by atoms with Crippen LogP contribution in [0.5, 0.6) is 0 Å². The predicted octanol–water partition coefficient (Wildman–Crippen LogP) is 4.41. The van der Waals surface area contributed by atoms with Crippen molar-refractivity contribution in [1.82, 2.24) is 20.5 Å². The first-order valence-electron chi connectivity index (χ1n) is 17.4. The molecule has 0 unspecified atom stereocenters. The van der Waals surface area contributed by atoms with Gasteiger partial charge >= 0.3 is 12.1 Å². The number of hydrogen-bond donors (Lipinski definition) is 5. The van der Waals surface area contributed by atoms with Gasteiger partial charge in [-0.3, -0.25) is 24.0 Å². The lowest BCUT2D eigenvalue weighted by Gasteiger charge is -2.29. The van der Waals surface area contributed by atoms with E-state index in [0.29, 0.717) is 16.0 Å². The SMILES string of the molecule is CC(C)(C)OC(=O)N[C@@H](Cc1c[nH]c2ccccc12)C(=O)N(C(=O)Cc1ccccc1)C(=O)[C@H](CC(=O)O)NC(=O)[C@@H](N)Cc1ccc2ccccc2c1. The van der Waals surface area contributed by atoms with Crippen LogP contribution in [0.15, 0.2) is 103 Å². The fourth-order valence-corrected chi connectivity index (χ4v) is 6.05. The molecule has 5 amide bonds. The third kappa shape index (κ3) is 10.2. The molecule has 3 atom stereocenters. The molecule has 5 aromatic rings. The normalized spacial score (nSPS) is 13.0. The summed E-state index contributed by atoms with van der Waals surface area (Å²) in [4.78, 5) is 85.0. The van der Waals surface area contributed by atoms with Crippen molar-refractivity contribution in [3.8, 4) is 0 Å². The Balaban J connectivity index is 1.47. The Morgan fingerprint density at radius 2 is 1.43 bits per heavy atom. The molecule has 0 aliphatic carbocycles. The number of nitrogens with one attached hydrogen (secondary N) is 3. The molecule has 13 heteroatoms. The zero-order chi connectivity index (χ0) is 39.0. The molecule has 54 heavy (non-hydrogen) atoms. The number of para-hydroxylation sites is 1. The predicted molar refractivity (Wildman–Crippen MR) is 202 cm³/mol. The molecule has 0 saturated heterocycles. The number of nitrogens with two attached hydrogens (primary N) is 1. The number of carbonyl (C=O) groups is 6. The van der Waals surface area contributed by atoms with E-state index in [2.05, 4.69) is 15.6 Å². The summed E-state index contributed by atoms with van der Waals surface area (Å²) in [6, 6.07) is 24.1. The second-order valence-corrected chi connectivity index (χ2v) is 14.0. The summed E-state index contributed by atoms with van der Waals surface area (Å²) in [5.74, 6) is -5.81. The summed E-state index contributed by atoms with van der Waals surface area (Å²) in [6.45, 7) is 4.89. The molecule has 6 N–H and O–H groups in total. The largest absolute Gasteiger partial charge is 0.481 e. The average molecular weight is 734 g/mol. The highest BCUT2D eigenvalue weighted by Crippen LogP contribution is 2.21. The molecule has 0 saturated carbocycles. The summed E-state index contributed by atoms with van der Waals surface area (Å²) < 4.78 is 5.43. The molecule has 280 valence electrons. The minimum absolute atomic E-state index is 0.0483. The van der Waals surface area contributed by atoms with Crippen LogP contribution in [0.25, 0.3) is 21.7 Å². The lowest BCUT2D eigenvalue weighted by atomic mass is 10.0. The molecule has 4 aromatic carbocycles. The standard InChI is InChI=1S/C41H43N5O8/c1-41(2,3)54-40(53)45-33(22-29-24-43-32-16-10-9-15-30(29)32)38(51)46(35(47)21-25-11-5-4-6-12-25)39(52)34(23-36(48)49)44-37(50)31(42)20-26-17-18-27-13-7-8-14-28(27)19-26/h4-19,24,31,33-34,43H,20-23,42H2,1-3H3,(H,44,50)(H,45,53)(H,48,49)/t31-,33-,34-/m0/s1. The number of aromatic amines is 1. The maximum absolute atomic E-state index is 14.6. The number of imide groups is 3. The first kappa shape index (κ1) is 38.9. The van der Waals surface area contributed by atoms with Crippen LogP contribution in [0.3, 0.4) is 0 Å². The molecule has 0 aliphatic rings. The molecule has 0 radical (unpaired) electrons. The number of aliphatic carboxylic acids is 1. The first-order chi connectivity index (χ1) is 25.7. The van der Waals surface area contributed by atoms with Crippen molar-refractivity contribution >= 4 is 57.4 Å². The number of carbonyl (C=O) groups excluding carboxylic acids is 5. The van der Waals surface area contributed by atoms with Gasteiger partial charge in [0.2, 0.25) is 11.8 Å². The van der Waals surface area contributed by atoms with Crippen molar-refractivity contribution in [2.45, 2.75) is 70.2 Å². The first-order valence-corrected chi connectivity index (χ1v) is 17.4. The average Bonchev–Trinajstić information content (AvgIpc) is 3.53. The van der Waals surface area contributed by atoms with Crippen LogP contribution < -0.4 is 16.4 Å². The molecule has 1 heterocycles. The maximum atomic E-state index is 14.6. The van der Waals surface area contributed by atoms with Crippen LogP contribution in [-0.4, -0.2) is 74.4 Å². The Labute approximate surface area is 311 Å². The van der Waals surface area contributed by atoms with Crippen LogP contribution in [-0.2, 0) is 48.0 Å². The van der Waals surface area contributed by atoms with Crippen LogP contribution >= 0.6 is 0 Å². The lowest BCUT2D eigenvalue weighted by Crippen LogP contribution is -2.60. The Bertz CT molecular complexity index is 2170. The van der Waals surface area contributed by atoms with E-state index in [9.17, 15) is 33.9 Å². The van der Waals surface area contributed by atoms with Gasteiger partial charge in [-0.15, -0.1) is 0 Å². The van der Waals surface area contributed by atoms with Gasteiger partial charge in [0, 0.05) is 23.5 Å². The van der Waals surface area contributed by atoms with E-state index in [-0.39, 0.29) is 12.8 Å². The van der Waals surface area contributed by atoms with Gasteiger partial charge in [-0.2, -0.15) is 0 Å². The van der Waals surface area contributed by atoms with Gasteiger partial charge in [0.1, 0.15) is 17.7 Å². The van der Waals surface area contributed by atoms with Crippen LogP contribution in [0, 0.1) is 0 Å². The van der Waals surface area contributed by atoms with Crippen molar-refractivity contribution in [3.05, 3.63) is 120 Å². The van der Waals surface area contributed by atoms with E-state index in [1.54, 1.807) is 69.4 Å². The second kappa shape index (κ2) is 17.0. The Morgan fingerprint density at radius 1 is 0.778 bits per heavy atom. The highest BCUT2D eigenvalue weighted by Gasteiger charge is 2.40. The number of fused-ring (bicyclic) bond motifs is 2. The summed E-state index contributed by atoms with van der Waals surface area (Å²) >= 11 is 0. The van der Waals surface area contributed by atoms with E-state index in [4.69, 9.17) is 10.5 Å². The van der Waals surface area contributed by atoms with Crippen LogP contribution in [0.1, 0.15) is 43.9 Å². The quantitative estimate of drug-likeness (QED) is 0.116. The van der Waals surface area contributed by atoms with Crippen LogP contribution in [0.2, 0.25) is 0 Å². The minimum atomic E-state index is -1.88. The summed E-state index contributed by atoms with van der Waals surface area (Å²) in [5.41, 5.74) is 7.81. The Kier molecular flexibility index (Phi) is 12.2. The zero-order valence-corrected chi connectivity index (χ0v) is 30.2. The maximum Gasteiger partial charge on any atom is 0.408 e. The molecule has 0 aliphatic heterocycles. The summed E-state index contributed by atoms with van der Waals surface area (Å²) in [5, 5.41) is 17.4. The highest BCUT2D eigenvalue weighted by molar-refractivity contribution is 6.15. The monoisotopic (exact) mass is 733 g/mol. The van der Waals surface area contributed by atoms with Gasteiger partial charge in [0.05, 0.1) is 18.9 Å². The van der Waals surface area contributed by atoms with Crippen LogP contribution in [0.4, 0.5) is 4.79 Å².